The Bertz CT molecular complexity index is 255. The van der Waals surface area contributed by atoms with Crippen LogP contribution in [0, 0.1) is 0 Å². The molecule has 6 nitrogen and oxygen atoms in total. The lowest BCUT2D eigenvalue weighted by atomic mass is 10.4. The third kappa shape index (κ3) is 8.38. The van der Waals surface area contributed by atoms with Crippen molar-refractivity contribution in [3.05, 3.63) is 0 Å². The quantitative estimate of drug-likeness (QED) is 0.234. The SMILES string of the molecule is CCCOCO[Si](OCOCCC)(OCOCCC)C1CCCC1. The van der Waals surface area contributed by atoms with Gasteiger partial charge in [-0.25, -0.2) is 0 Å². The average molecular weight is 365 g/mol. The summed E-state index contributed by atoms with van der Waals surface area (Å²) in [6, 6.07) is 0. The van der Waals surface area contributed by atoms with Crippen LogP contribution >= 0.6 is 0 Å². The van der Waals surface area contributed by atoms with Crippen molar-refractivity contribution in [2.45, 2.75) is 71.3 Å². The van der Waals surface area contributed by atoms with Gasteiger partial charge in [0, 0.05) is 25.4 Å². The van der Waals surface area contributed by atoms with Crippen LogP contribution in [0.3, 0.4) is 0 Å². The second-order valence-corrected chi connectivity index (χ2v) is 8.99. The maximum absolute atomic E-state index is 6.09. The largest absolute Gasteiger partial charge is 0.509 e. The molecule has 0 amide bonds. The fraction of sp³-hybridized carbons (Fsp3) is 1.00. The maximum Gasteiger partial charge on any atom is 0.509 e. The van der Waals surface area contributed by atoms with E-state index in [1.165, 1.54) is 12.8 Å². The number of ether oxygens (including phenoxy) is 3. The second-order valence-electron chi connectivity index (χ2n) is 6.10. The Morgan fingerprint density at radius 2 is 1.04 bits per heavy atom. The Kier molecular flexibility index (Phi) is 13.0. The van der Waals surface area contributed by atoms with E-state index in [9.17, 15) is 0 Å². The first-order chi connectivity index (χ1) is 11.8. The van der Waals surface area contributed by atoms with Crippen LogP contribution in [0.15, 0.2) is 0 Å². The minimum atomic E-state index is -2.89. The van der Waals surface area contributed by atoms with Gasteiger partial charge in [-0.05, 0) is 32.1 Å². The van der Waals surface area contributed by atoms with Gasteiger partial charge in [-0.2, -0.15) is 0 Å². The summed E-state index contributed by atoms with van der Waals surface area (Å²) in [4.78, 5) is 0. The molecule has 0 heterocycles. The van der Waals surface area contributed by atoms with Crippen LogP contribution in [0.2, 0.25) is 5.54 Å². The second kappa shape index (κ2) is 14.2. The van der Waals surface area contributed by atoms with Crippen LogP contribution in [0.25, 0.3) is 0 Å². The molecule has 144 valence electrons. The van der Waals surface area contributed by atoms with Gasteiger partial charge in [0.05, 0.1) is 0 Å². The van der Waals surface area contributed by atoms with E-state index in [0.717, 1.165) is 32.1 Å². The zero-order valence-corrected chi connectivity index (χ0v) is 16.7. The standard InChI is InChI=1S/C17H36O6Si/c1-4-11-18-14-21-24(17-9-7-8-10-17,22-15-19-12-5-2)23-16-20-13-6-3/h17H,4-16H2,1-3H3. The fourth-order valence-electron chi connectivity index (χ4n) is 2.74. The van der Waals surface area contributed by atoms with Gasteiger partial charge in [0.1, 0.15) is 20.4 Å². The maximum atomic E-state index is 6.09. The lowest BCUT2D eigenvalue weighted by molar-refractivity contribution is -0.107. The zero-order chi connectivity index (χ0) is 17.5. The van der Waals surface area contributed by atoms with E-state index in [4.69, 9.17) is 27.5 Å². The number of hydrogen-bond donors (Lipinski definition) is 0. The van der Waals surface area contributed by atoms with E-state index in [1.807, 2.05) is 0 Å². The zero-order valence-electron chi connectivity index (χ0n) is 15.7. The van der Waals surface area contributed by atoms with Crippen LogP contribution < -0.4 is 0 Å². The van der Waals surface area contributed by atoms with E-state index in [0.29, 0.717) is 25.4 Å². The molecular weight excluding hydrogens is 328 g/mol. The lowest BCUT2D eigenvalue weighted by Crippen LogP contribution is -2.51. The summed E-state index contributed by atoms with van der Waals surface area (Å²) in [5, 5.41) is 0. The smallest absolute Gasteiger partial charge is 0.356 e. The van der Waals surface area contributed by atoms with E-state index >= 15 is 0 Å². The van der Waals surface area contributed by atoms with Crippen LogP contribution in [0.1, 0.15) is 65.7 Å². The van der Waals surface area contributed by atoms with Crippen molar-refractivity contribution in [1.29, 1.82) is 0 Å². The predicted molar refractivity (Wildman–Crippen MR) is 94.6 cm³/mol. The third-order valence-corrected chi connectivity index (χ3v) is 7.07. The minimum absolute atomic E-state index is 0.206. The van der Waals surface area contributed by atoms with Crippen LogP contribution in [-0.2, 0) is 27.5 Å². The fourth-order valence-corrected chi connectivity index (χ4v) is 5.55. The van der Waals surface area contributed by atoms with E-state index in [-0.39, 0.29) is 20.4 Å². The summed E-state index contributed by atoms with van der Waals surface area (Å²) >= 11 is 0. The molecule has 0 atom stereocenters. The van der Waals surface area contributed by atoms with Gasteiger partial charge in [-0.1, -0.05) is 33.6 Å². The van der Waals surface area contributed by atoms with Crippen molar-refractivity contribution in [1.82, 2.24) is 0 Å². The molecule has 0 aromatic carbocycles. The summed E-state index contributed by atoms with van der Waals surface area (Å²) in [6.07, 6.45) is 7.41. The molecule has 0 bridgehead atoms. The van der Waals surface area contributed by atoms with Gasteiger partial charge >= 0.3 is 8.80 Å². The number of hydrogen-bond acceptors (Lipinski definition) is 6. The molecule has 1 aliphatic rings. The molecular formula is C17H36O6Si. The van der Waals surface area contributed by atoms with Crippen molar-refractivity contribution >= 4 is 8.80 Å². The Morgan fingerprint density at radius 1 is 0.667 bits per heavy atom. The highest BCUT2D eigenvalue weighted by Gasteiger charge is 2.51. The average Bonchev–Trinajstić information content (AvgIpc) is 3.14. The van der Waals surface area contributed by atoms with Crippen molar-refractivity contribution in [2.24, 2.45) is 0 Å². The molecule has 0 unspecified atom stereocenters. The molecule has 0 aromatic heterocycles. The van der Waals surface area contributed by atoms with Gasteiger partial charge in [-0.3, -0.25) is 0 Å². The van der Waals surface area contributed by atoms with Gasteiger partial charge < -0.3 is 27.5 Å². The minimum Gasteiger partial charge on any atom is -0.356 e. The summed E-state index contributed by atoms with van der Waals surface area (Å²) in [5.74, 6) is 0. The molecule has 1 fully saturated rings. The van der Waals surface area contributed by atoms with Gasteiger partial charge in [0.15, 0.2) is 0 Å². The molecule has 0 saturated heterocycles. The van der Waals surface area contributed by atoms with Crippen molar-refractivity contribution in [3.8, 4) is 0 Å². The van der Waals surface area contributed by atoms with Crippen molar-refractivity contribution < 1.29 is 27.5 Å². The first-order valence-electron chi connectivity index (χ1n) is 9.44. The monoisotopic (exact) mass is 364 g/mol. The normalized spacial score (nSPS) is 16.1. The van der Waals surface area contributed by atoms with E-state index in [1.54, 1.807) is 0 Å². The molecule has 7 heteroatoms. The molecule has 0 spiro atoms. The van der Waals surface area contributed by atoms with Gasteiger partial charge in [0.2, 0.25) is 0 Å². The third-order valence-electron chi connectivity index (χ3n) is 3.93. The summed E-state index contributed by atoms with van der Waals surface area (Å²) < 4.78 is 34.8. The lowest BCUT2D eigenvalue weighted by Gasteiger charge is -2.33. The summed E-state index contributed by atoms with van der Waals surface area (Å²) in [7, 11) is -2.89. The molecule has 1 saturated carbocycles. The first kappa shape index (κ1) is 22.0. The van der Waals surface area contributed by atoms with Crippen molar-refractivity contribution in [3.63, 3.8) is 0 Å². The Morgan fingerprint density at radius 3 is 1.38 bits per heavy atom. The van der Waals surface area contributed by atoms with Crippen LogP contribution in [0.4, 0.5) is 0 Å². The van der Waals surface area contributed by atoms with Crippen molar-refractivity contribution in [2.75, 3.05) is 40.2 Å². The first-order valence-corrected chi connectivity index (χ1v) is 11.2. The molecule has 0 aliphatic heterocycles. The number of rotatable bonds is 16. The molecule has 24 heavy (non-hydrogen) atoms. The topological polar surface area (TPSA) is 55.4 Å². The summed E-state index contributed by atoms with van der Waals surface area (Å²) in [5.41, 5.74) is 0.304. The van der Waals surface area contributed by atoms with Gasteiger partial charge in [0.25, 0.3) is 0 Å². The molecule has 0 radical (unpaired) electrons. The molecule has 1 aliphatic carbocycles. The van der Waals surface area contributed by atoms with E-state index in [2.05, 4.69) is 20.8 Å². The highest BCUT2D eigenvalue weighted by Crippen LogP contribution is 2.40. The molecule has 0 aromatic rings. The Labute approximate surface area is 148 Å². The highest BCUT2D eigenvalue weighted by molar-refractivity contribution is 6.62. The molecule has 0 N–H and O–H groups in total. The van der Waals surface area contributed by atoms with E-state index < -0.39 is 8.80 Å². The van der Waals surface area contributed by atoms with Gasteiger partial charge in [-0.15, -0.1) is 0 Å². The Hall–Kier alpha value is -0.0231. The molecule has 1 rings (SSSR count). The van der Waals surface area contributed by atoms with Crippen LogP contribution in [0.5, 0.6) is 0 Å². The predicted octanol–water partition coefficient (Wildman–Crippen LogP) is 4.07. The summed E-state index contributed by atoms with van der Waals surface area (Å²) in [6.45, 7) is 8.87. The Balaban J connectivity index is 2.63. The highest BCUT2D eigenvalue weighted by atomic mass is 28.4. The van der Waals surface area contributed by atoms with Crippen LogP contribution in [-0.4, -0.2) is 49.0 Å².